The lowest BCUT2D eigenvalue weighted by Gasteiger charge is -2.11. The van der Waals surface area contributed by atoms with Crippen molar-refractivity contribution in [2.24, 2.45) is 5.73 Å². The Bertz CT molecular complexity index is 847. The summed E-state index contributed by atoms with van der Waals surface area (Å²) in [7, 11) is 0. The first-order chi connectivity index (χ1) is 14.9. The van der Waals surface area contributed by atoms with Crippen LogP contribution in [0.25, 0.3) is 0 Å². The van der Waals surface area contributed by atoms with Crippen molar-refractivity contribution in [2.45, 2.75) is 38.5 Å². The third-order valence-electron chi connectivity index (χ3n) is 4.35. The summed E-state index contributed by atoms with van der Waals surface area (Å²) < 4.78 is 32.1. The number of nitrogens with two attached hydrogens (primary N) is 1. The average molecular weight is 467 g/mol. The molecule has 0 saturated carbocycles. The molecule has 9 heteroatoms. The first-order valence-electron chi connectivity index (χ1n) is 10.2. The predicted octanol–water partition coefficient (Wildman–Crippen LogP) is 5.33. The summed E-state index contributed by atoms with van der Waals surface area (Å²) in [6, 6.07) is 10.8. The fourth-order valence-corrected chi connectivity index (χ4v) is 3.27. The first kappa shape index (κ1) is 24.7. The van der Waals surface area contributed by atoms with E-state index < -0.39 is 11.6 Å². The van der Waals surface area contributed by atoms with Gasteiger partial charge in [-0.2, -0.15) is 0 Å². The molecule has 0 saturated heterocycles. The third kappa shape index (κ3) is 10.9. The Balaban J connectivity index is 1.47. The number of hydrogen-bond donors (Lipinski definition) is 4. The van der Waals surface area contributed by atoms with E-state index in [1.807, 2.05) is 24.3 Å². The summed E-state index contributed by atoms with van der Waals surface area (Å²) in [6.45, 7) is 1.38. The van der Waals surface area contributed by atoms with Gasteiger partial charge in [-0.3, -0.25) is 0 Å². The SMILES string of the molecule is NC(=S)Nc1cccc(OCCCCCCCCNC(=S)Nc2cc(F)cc(F)c2)c1. The number of unbranched alkanes of at least 4 members (excludes halogenated alkanes) is 5. The Kier molecular flexibility index (Phi) is 10.9. The van der Waals surface area contributed by atoms with Gasteiger partial charge in [0.15, 0.2) is 10.2 Å². The van der Waals surface area contributed by atoms with E-state index in [1.165, 1.54) is 12.1 Å². The Labute approximate surface area is 192 Å². The van der Waals surface area contributed by atoms with E-state index in [9.17, 15) is 8.78 Å². The molecule has 0 aliphatic heterocycles. The first-order valence-corrected chi connectivity index (χ1v) is 11.0. The monoisotopic (exact) mass is 466 g/mol. The van der Waals surface area contributed by atoms with Gasteiger partial charge in [0.25, 0.3) is 0 Å². The van der Waals surface area contributed by atoms with Crippen molar-refractivity contribution in [1.29, 1.82) is 0 Å². The third-order valence-corrected chi connectivity index (χ3v) is 4.70. The quantitative estimate of drug-likeness (QED) is 0.249. The highest BCUT2D eigenvalue weighted by atomic mass is 32.1. The van der Waals surface area contributed by atoms with Crippen molar-refractivity contribution in [1.82, 2.24) is 5.32 Å². The zero-order chi connectivity index (χ0) is 22.5. The maximum atomic E-state index is 13.2. The Morgan fingerprint density at radius 3 is 2.23 bits per heavy atom. The van der Waals surface area contributed by atoms with Gasteiger partial charge in [0.1, 0.15) is 17.4 Å². The number of nitrogens with one attached hydrogen (secondary N) is 3. The number of benzene rings is 2. The number of hydrogen-bond acceptors (Lipinski definition) is 3. The van der Waals surface area contributed by atoms with Crippen molar-refractivity contribution < 1.29 is 13.5 Å². The molecule has 5 nitrogen and oxygen atoms in total. The van der Waals surface area contributed by atoms with Gasteiger partial charge < -0.3 is 26.4 Å². The molecular weight excluding hydrogens is 438 g/mol. The molecule has 0 aliphatic carbocycles. The largest absolute Gasteiger partial charge is 0.494 e. The summed E-state index contributed by atoms with van der Waals surface area (Å²) in [5, 5.41) is 9.31. The van der Waals surface area contributed by atoms with Crippen molar-refractivity contribution in [3.8, 4) is 5.75 Å². The molecule has 5 N–H and O–H groups in total. The summed E-state index contributed by atoms with van der Waals surface area (Å²) in [5.74, 6) is -0.493. The Hall–Kier alpha value is -2.52. The van der Waals surface area contributed by atoms with Crippen molar-refractivity contribution in [2.75, 3.05) is 23.8 Å². The van der Waals surface area contributed by atoms with Gasteiger partial charge in [-0.15, -0.1) is 0 Å². The number of halogens is 2. The van der Waals surface area contributed by atoms with Crippen LogP contribution >= 0.6 is 24.4 Å². The van der Waals surface area contributed by atoms with Crippen molar-refractivity contribution in [3.63, 3.8) is 0 Å². The van der Waals surface area contributed by atoms with Crippen LogP contribution < -0.4 is 26.4 Å². The van der Waals surface area contributed by atoms with Crippen LogP contribution in [0.4, 0.5) is 20.2 Å². The molecule has 0 aliphatic rings. The lowest BCUT2D eigenvalue weighted by Crippen LogP contribution is -2.29. The second-order valence-corrected chi connectivity index (χ2v) is 7.87. The lowest BCUT2D eigenvalue weighted by atomic mass is 10.1. The highest BCUT2D eigenvalue weighted by Gasteiger charge is 2.02. The van der Waals surface area contributed by atoms with E-state index in [4.69, 9.17) is 34.9 Å². The molecule has 0 amide bonds. The predicted molar refractivity (Wildman–Crippen MR) is 131 cm³/mol. The van der Waals surface area contributed by atoms with Crippen LogP contribution in [0, 0.1) is 11.6 Å². The van der Waals surface area contributed by atoms with Crippen molar-refractivity contribution in [3.05, 3.63) is 54.1 Å². The minimum absolute atomic E-state index is 0.229. The van der Waals surface area contributed by atoms with Gasteiger partial charge in [-0.25, -0.2) is 8.78 Å². The maximum Gasteiger partial charge on any atom is 0.170 e. The fraction of sp³-hybridized carbons (Fsp3) is 0.364. The Morgan fingerprint density at radius 2 is 1.52 bits per heavy atom. The average Bonchev–Trinajstić information content (AvgIpc) is 2.68. The Morgan fingerprint density at radius 1 is 0.839 bits per heavy atom. The zero-order valence-corrected chi connectivity index (χ0v) is 18.9. The lowest BCUT2D eigenvalue weighted by molar-refractivity contribution is 0.304. The van der Waals surface area contributed by atoms with E-state index in [-0.39, 0.29) is 5.11 Å². The zero-order valence-electron chi connectivity index (χ0n) is 17.3. The molecule has 0 atom stereocenters. The van der Waals surface area contributed by atoms with Gasteiger partial charge in [0.05, 0.1) is 6.61 Å². The topological polar surface area (TPSA) is 71.3 Å². The molecule has 168 valence electrons. The van der Waals surface area contributed by atoms with Crippen LogP contribution in [-0.2, 0) is 0 Å². The molecule has 2 aromatic rings. The molecule has 2 aromatic carbocycles. The van der Waals surface area contributed by atoms with E-state index in [0.29, 0.717) is 24.0 Å². The smallest absolute Gasteiger partial charge is 0.170 e. The molecule has 0 bridgehead atoms. The minimum Gasteiger partial charge on any atom is -0.494 e. The summed E-state index contributed by atoms with van der Waals surface area (Å²) in [4.78, 5) is 0. The fourth-order valence-electron chi connectivity index (χ4n) is 2.93. The van der Waals surface area contributed by atoms with Gasteiger partial charge in [-0.05, 0) is 61.5 Å². The van der Waals surface area contributed by atoms with Crippen LogP contribution in [0.2, 0.25) is 0 Å². The molecule has 0 unspecified atom stereocenters. The summed E-state index contributed by atoms with van der Waals surface area (Å²) in [6.07, 6.45) is 6.41. The molecule has 31 heavy (non-hydrogen) atoms. The number of ether oxygens (including phenoxy) is 1. The van der Waals surface area contributed by atoms with Crippen LogP contribution in [0.15, 0.2) is 42.5 Å². The number of anilines is 2. The van der Waals surface area contributed by atoms with Crippen LogP contribution in [0.1, 0.15) is 38.5 Å². The minimum atomic E-state index is -0.641. The molecular formula is C22H28F2N4OS2. The second-order valence-electron chi connectivity index (χ2n) is 7.03. The number of rotatable bonds is 12. The van der Waals surface area contributed by atoms with Gasteiger partial charge in [0, 0.05) is 30.1 Å². The van der Waals surface area contributed by atoms with E-state index in [2.05, 4.69) is 16.0 Å². The van der Waals surface area contributed by atoms with Crippen LogP contribution in [0.3, 0.4) is 0 Å². The maximum absolute atomic E-state index is 13.2. The van der Waals surface area contributed by atoms with Gasteiger partial charge in [0.2, 0.25) is 0 Å². The van der Waals surface area contributed by atoms with Crippen LogP contribution in [0.5, 0.6) is 5.75 Å². The van der Waals surface area contributed by atoms with Crippen LogP contribution in [-0.4, -0.2) is 23.4 Å². The summed E-state index contributed by atoms with van der Waals surface area (Å²) in [5.41, 5.74) is 6.58. The van der Waals surface area contributed by atoms with E-state index in [0.717, 1.165) is 56.0 Å². The van der Waals surface area contributed by atoms with Gasteiger partial charge in [-0.1, -0.05) is 31.7 Å². The molecule has 0 fully saturated rings. The molecule has 0 radical (unpaired) electrons. The van der Waals surface area contributed by atoms with E-state index in [1.54, 1.807) is 0 Å². The van der Waals surface area contributed by atoms with Gasteiger partial charge >= 0.3 is 0 Å². The van der Waals surface area contributed by atoms with E-state index >= 15 is 0 Å². The second kappa shape index (κ2) is 13.7. The highest BCUT2D eigenvalue weighted by Crippen LogP contribution is 2.18. The standard InChI is InChI=1S/C22H28F2N4OS2/c23-16-12-17(24)14-19(13-16)28-22(31)26-10-5-3-1-2-4-6-11-29-20-9-7-8-18(15-20)27-21(25)30/h7-9,12-15H,1-6,10-11H2,(H3,25,27,30)(H2,26,28,31). The molecule has 0 aromatic heterocycles. The molecule has 0 spiro atoms. The normalized spacial score (nSPS) is 10.4. The highest BCUT2D eigenvalue weighted by molar-refractivity contribution is 7.80. The molecule has 2 rings (SSSR count). The number of thiocarbonyl (C=S) groups is 2. The molecule has 0 heterocycles. The summed E-state index contributed by atoms with van der Waals surface area (Å²) >= 11 is 9.97. The van der Waals surface area contributed by atoms with Crippen molar-refractivity contribution >= 4 is 46.0 Å².